The van der Waals surface area contributed by atoms with Crippen molar-refractivity contribution in [2.75, 3.05) is 0 Å². The van der Waals surface area contributed by atoms with Gasteiger partial charge in [-0.3, -0.25) is 4.55 Å². The van der Waals surface area contributed by atoms with Gasteiger partial charge in [-0.2, -0.15) is 8.42 Å². The summed E-state index contributed by atoms with van der Waals surface area (Å²) in [5.74, 6) is 0. The fourth-order valence-electron chi connectivity index (χ4n) is 0.564. The van der Waals surface area contributed by atoms with Crippen molar-refractivity contribution < 1.29 is 13.0 Å². The van der Waals surface area contributed by atoms with Gasteiger partial charge in [-0.25, -0.2) is 4.98 Å². The summed E-state index contributed by atoms with van der Waals surface area (Å²) < 4.78 is 29.5. The van der Waals surface area contributed by atoms with Gasteiger partial charge in [-0.1, -0.05) is 11.6 Å². The van der Waals surface area contributed by atoms with Crippen LogP contribution >= 0.6 is 11.6 Å². The molecule has 0 amide bonds. The van der Waals surface area contributed by atoms with Crippen LogP contribution in [0.3, 0.4) is 0 Å². The summed E-state index contributed by atoms with van der Waals surface area (Å²) in [6.45, 7) is 0. The fourth-order valence-corrected chi connectivity index (χ4v) is 1.49. The third-order valence-electron chi connectivity index (χ3n) is 1.00. The van der Waals surface area contributed by atoms with E-state index in [1.807, 2.05) is 0 Å². The normalized spacial score (nSPS) is 10.5. The quantitative estimate of drug-likeness (QED) is 0.404. The van der Waals surface area contributed by atoms with Crippen molar-refractivity contribution in [2.45, 2.75) is 4.90 Å². The molecule has 0 aliphatic heterocycles. The minimum absolute atomic E-state index is 0. The Bertz CT molecular complexity index is 367. The first kappa shape index (κ1) is 11.9. The predicted molar refractivity (Wildman–Crippen MR) is 46.2 cm³/mol. The van der Waals surface area contributed by atoms with Crippen LogP contribution in [0, 0.1) is 0 Å². The van der Waals surface area contributed by atoms with E-state index in [4.69, 9.17) is 16.2 Å². The minimum atomic E-state index is -4.23. The maximum atomic E-state index is 10.5. The molecule has 0 spiro atoms. The Morgan fingerprint density at radius 3 is 2.42 bits per heavy atom. The summed E-state index contributed by atoms with van der Waals surface area (Å²) in [5.41, 5.74) is 0. The number of nitrogens with zero attached hydrogens (tertiary/aromatic N) is 1. The van der Waals surface area contributed by atoms with Crippen LogP contribution in [0.5, 0.6) is 0 Å². The van der Waals surface area contributed by atoms with Gasteiger partial charge in [-0.15, -0.1) is 0 Å². The zero-order chi connectivity index (χ0) is 8.48. The van der Waals surface area contributed by atoms with Gasteiger partial charge in [0.15, 0.2) is 0 Å². The van der Waals surface area contributed by atoms with E-state index >= 15 is 0 Å². The van der Waals surface area contributed by atoms with E-state index in [1.54, 1.807) is 0 Å². The summed E-state index contributed by atoms with van der Waals surface area (Å²) in [5, 5.41) is -0.227. The van der Waals surface area contributed by atoms with Crippen LogP contribution in [0.25, 0.3) is 0 Å². The summed E-state index contributed by atoms with van der Waals surface area (Å²) in [6.07, 6.45) is 1.33. The van der Waals surface area contributed by atoms with Crippen molar-refractivity contribution in [2.24, 2.45) is 0 Å². The van der Waals surface area contributed by atoms with Crippen LogP contribution in [0.15, 0.2) is 23.2 Å². The van der Waals surface area contributed by atoms with E-state index in [9.17, 15) is 8.42 Å². The topological polar surface area (TPSA) is 67.3 Å². The molecule has 0 saturated carbocycles. The first-order chi connectivity index (χ1) is 5.02. The second kappa shape index (κ2) is 4.26. The monoisotopic (exact) mass is 201 g/mol. The molecule has 1 N–H and O–H groups in total. The first-order valence-corrected chi connectivity index (χ1v) is 4.41. The van der Waals surface area contributed by atoms with Crippen LogP contribution in [0.4, 0.5) is 0 Å². The molecule has 1 rings (SSSR count). The van der Waals surface area contributed by atoms with E-state index < -0.39 is 10.1 Å². The van der Waals surface area contributed by atoms with Crippen molar-refractivity contribution in [1.82, 2.24) is 4.98 Å². The molecule has 0 aliphatic rings. The molecule has 7 heteroatoms. The van der Waals surface area contributed by atoms with Gasteiger partial charge in [0, 0.05) is 6.20 Å². The van der Waals surface area contributed by atoms with Crippen molar-refractivity contribution >= 4 is 40.6 Å². The van der Waals surface area contributed by atoms with Crippen molar-refractivity contribution in [3.05, 3.63) is 23.5 Å². The Hall–Kier alpha value is -0.0526. The zero-order valence-electron chi connectivity index (χ0n) is 5.23. The molecule has 62 valence electrons. The van der Waals surface area contributed by atoms with E-state index in [2.05, 4.69) is 4.98 Å². The van der Waals surface area contributed by atoms with Gasteiger partial charge in [0.25, 0.3) is 10.1 Å². The molecule has 12 heavy (non-hydrogen) atoms. The molecule has 0 saturated heterocycles. The van der Waals surface area contributed by atoms with Crippen LogP contribution in [-0.4, -0.2) is 36.8 Å². The van der Waals surface area contributed by atoms with Gasteiger partial charge in [0.05, 0.1) is 0 Å². The van der Waals surface area contributed by atoms with Crippen LogP contribution in [-0.2, 0) is 10.1 Å². The van der Waals surface area contributed by atoms with Gasteiger partial charge < -0.3 is 0 Å². The second-order valence-electron chi connectivity index (χ2n) is 1.77. The number of halogens is 1. The molecule has 0 unspecified atom stereocenters. The van der Waals surface area contributed by atoms with Gasteiger partial charge in [0.1, 0.15) is 10.0 Å². The third-order valence-corrected chi connectivity index (χ3v) is 2.30. The average molecular weight is 202 g/mol. The Kier molecular flexibility index (Phi) is 4.24. The molecule has 4 nitrogen and oxygen atoms in total. The van der Waals surface area contributed by atoms with Crippen molar-refractivity contribution in [3.8, 4) is 0 Å². The van der Waals surface area contributed by atoms with E-state index in [0.717, 1.165) is 0 Å². The van der Waals surface area contributed by atoms with Crippen LogP contribution < -0.4 is 0 Å². The Morgan fingerprint density at radius 2 is 2.08 bits per heavy atom. The number of hydrogen-bond donors (Lipinski definition) is 1. The molecule has 1 aromatic heterocycles. The van der Waals surface area contributed by atoms with Gasteiger partial charge in [-0.05, 0) is 12.1 Å². The van der Waals surface area contributed by atoms with Crippen LogP contribution in [0.1, 0.15) is 0 Å². The van der Waals surface area contributed by atoms with E-state index in [1.165, 1.54) is 18.3 Å². The molecule has 0 fully saturated rings. The second-order valence-corrected chi connectivity index (χ2v) is 3.52. The number of hydrogen-bond acceptors (Lipinski definition) is 3. The third kappa shape index (κ3) is 2.77. The summed E-state index contributed by atoms with van der Waals surface area (Å²) in [4.78, 5) is 3.10. The number of aromatic nitrogens is 1. The molecule has 1 heterocycles. The standard InChI is InChI=1S/C5H4ClNO3S.Li.H/c6-5-4(11(8,9)10)2-1-3-7-5;;/h1-3H,(H,8,9,10);;. The van der Waals surface area contributed by atoms with Gasteiger partial charge in [0.2, 0.25) is 0 Å². The van der Waals surface area contributed by atoms with Crippen molar-refractivity contribution in [3.63, 3.8) is 0 Å². The average Bonchev–Trinajstić information content (AvgIpc) is 1.86. The SMILES string of the molecule is O=S(=O)(O)c1cccnc1Cl.[LiH]. The molecule has 0 atom stereocenters. The Balaban J connectivity index is 0.00000121. The maximum absolute atomic E-state index is 10.5. The van der Waals surface area contributed by atoms with E-state index in [0.29, 0.717) is 0 Å². The zero-order valence-corrected chi connectivity index (χ0v) is 6.80. The number of rotatable bonds is 1. The van der Waals surface area contributed by atoms with Crippen molar-refractivity contribution in [1.29, 1.82) is 0 Å². The number of pyridine rings is 1. The molecule has 0 radical (unpaired) electrons. The summed E-state index contributed by atoms with van der Waals surface area (Å²) in [6, 6.07) is 2.54. The van der Waals surface area contributed by atoms with E-state index in [-0.39, 0.29) is 28.9 Å². The fraction of sp³-hybridized carbons (Fsp3) is 0. The Labute approximate surface area is 86.9 Å². The molecule has 1 aromatic rings. The predicted octanol–water partition coefficient (Wildman–Crippen LogP) is 0.333. The molecule has 0 aliphatic carbocycles. The molecule has 0 aromatic carbocycles. The molecule has 0 bridgehead atoms. The first-order valence-electron chi connectivity index (χ1n) is 2.60. The van der Waals surface area contributed by atoms with Gasteiger partial charge >= 0.3 is 18.9 Å². The van der Waals surface area contributed by atoms with Crippen LogP contribution in [0.2, 0.25) is 5.15 Å². The Morgan fingerprint density at radius 1 is 1.50 bits per heavy atom. The summed E-state index contributed by atoms with van der Waals surface area (Å²) in [7, 11) is -4.23. The summed E-state index contributed by atoms with van der Waals surface area (Å²) >= 11 is 5.36. The molecular weight excluding hydrogens is 197 g/mol. The molecular formula is C5H5ClLiNO3S.